The molecule has 5 heteroatoms. The Morgan fingerprint density at radius 1 is 1.25 bits per heavy atom. The van der Waals surface area contributed by atoms with Gasteiger partial charge in [0.1, 0.15) is 5.82 Å². The second kappa shape index (κ2) is 8.02. The Kier molecular flexibility index (Phi) is 5.54. The molecule has 1 aromatic heterocycles. The molecule has 2 aromatic rings. The normalized spacial score (nSPS) is 17.0. The first-order chi connectivity index (χ1) is 11.7. The van der Waals surface area contributed by atoms with Crippen molar-refractivity contribution in [3.63, 3.8) is 0 Å². The maximum atomic E-state index is 13.1. The Bertz CT molecular complexity index is 654. The minimum atomic E-state index is -0.259. The van der Waals surface area contributed by atoms with Gasteiger partial charge in [0, 0.05) is 37.9 Å². The van der Waals surface area contributed by atoms with E-state index in [2.05, 4.69) is 10.3 Å². The number of amides is 1. The Morgan fingerprint density at radius 2 is 2.08 bits per heavy atom. The molecule has 0 unspecified atom stereocenters. The molecule has 0 radical (unpaired) electrons. The molecule has 2 heterocycles. The number of hydrogen-bond acceptors (Lipinski definition) is 3. The molecule has 1 N–H and O–H groups in total. The minimum absolute atomic E-state index is 0.0363. The largest absolute Gasteiger partial charge is 0.338 e. The monoisotopic (exact) mass is 327 g/mol. The summed E-state index contributed by atoms with van der Waals surface area (Å²) in [5, 5.41) is 3.24. The van der Waals surface area contributed by atoms with Crippen LogP contribution in [0.2, 0.25) is 0 Å². The Morgan fingerprint density at radius 3 is 2.75 bits per heavy atom. The van der Waals surface area contributed by atoms with Gasteiger partial charge < -0.3 is 10.2 Å². The lowest BCUT2D eigenvalue weighted by Gasteiger charge is -2.25. The van der Waals surface area contributed by atoms with Crippen LogP contribution in [0, 0.1) is 11.7 Å². The highest BCUT2D eigenvalue weighted by atomic mass is 19.1. The molecule has 0 aliphatic carbocycles. The fraction of sp³-hybridized carbons (Fsp3) is 0.368. The summed E-state index contributed by atoms with van der Waals surface area (Å²) in [5.74, 6) is -0.0560. The zero-order valence-corrected chi connectivity index (χ0v) is 13.6. The molecule has 0 spiro atoms. The highest BCUT2D eigenvalue weighted by Gasteiger charge is 2.27. The van der Waals surface area contributed by atoms with Crippen LogP contribution < -0.4 is 5.32 Å². The van der Waals surface area contributed by atoms with Gasteiger partial charge in [0.05, 0.1) is 5.92 Å². The summed E-state index contributed by atoms with van der Waals surface area (Å²) in [7, 11) is 0. The van der Waals surface area contributed by atoms with Crippen LogP contribution in [0.4, 0.5) is 4.39 Å². The standard InChI is InChI=1S/C19H22FN3O/c20-17-6-4-15(5-7-17)14-23(19(24)16-8-11-21-13-16)12-9-18-3-1-2-10-22-18/h1-7,10,16,21H,8-9,11-14H2/t16-/m1/s1. The topological polar surface area (TPSA) is 45.2 Å². The average Bonchev–Trinajstić information content (AvgIpc) is 3.15. The van der Waals surface area contributed by atoms with Gasteiger partial charge in [-0.05, 0) is 42.8 Å². The van der Waals surface area contributed by atoms with Crippen molar-refractivity contribution in [2.45, 2.75) is 19.4 Å². The summed E-state index contributed by atoms with van der Waals surface area (Å²) in [6, 6.07) is 12.2. The van der Waals surface area contributed by atoms with Crippen LogP contribution in [0.15, 0.2) is 48.7 Å². The van der Waals surface area contributed by atoms with Gasteiger partial charge in [0.2, 0.25) is 5.91 Å². The lowest BCUT2D eigenvalue weighted by atomic mass is 10.1. The zero-order valence-electron chi connectivity index (χ0n) is 13.6. The van der Waals surface area contributed by atoms with E-state index in [-0.39, 0.29) is 17.6 Å². The second-order valence-electron chi connectivity index (χ2n) is 6.15. The molecule has 1 aliphatic heterocycles. The molecule has 1 atom stereocenters. The molecule has 0 saturated carbocycles. The first-order valence-corrected chi connectivity index (χ1v) is 8.36. The van der Waals surface area contributed by atoms with Gasteiger partial charge in [-0.15, -0.1) is 0 Å². The number of nitrogens with zero attached hydrogens (tertiary/aromatic N) is 2. The quantitative estimate of drug-likeness (QED) is 0.886. The molecule has 1 aromatic carbocycles. The van der Waals surface area contributed by atoms with E-state index in [0.29, 0.717) is 19.5 Å². The van der Waals surface area contributed by atoms with E-state index in [1.807, 2.05) is 23.1 Å². The molecule has 1 fully saturated rings. The third-order valence-corrected chi connectivity index (χ3v) is 4.37. The van der Waals surface area contributed by atoms with Crippen molar-refractivity contribution in [1.82, 2.24) is 15.2 Å². The highest BCUT2D eigenvalue weighted by Crippen LogP contribution is 2.15. The second-order valence-corrected chi connectivity index (χ2v) is 6.15. The number of rotatable bonds is 6. The minimum Gasteiger partial charge on any atom is -0.338 e. The van der Waals surface area contributed by atoms with Crippen LogP contribution in [-0.2, 0) is 17.8 Å². The van der Waals surface area contributed by atoms with Crippen LogP contribution in [0.25, 0.3) is 0 Å². The predicted molar refractivity (Wildman–Crippen MR) is 90.7 cm³/mol. The summed E-state index contributed by atoms with van der Waals surface area (Å²) < 4.78 is 13.1. The van der Waals surface area contributed by atoms with Gasteiger partial charge in [-0.2, -0.15) is 0 Å². The Labute approximate surface area is 141 Å². The summed E-state index contributed by atoms with van der Waals surface area (Å²) in [4.78, 5) is 19.0. The highest BCUT2D eigenvalue weighted by molar-refractivity contribution is 5.79. The number of aromatic nitrogens is 1. The van der Waals surface area contributed by atoms with Crippen molar-refractivity contribution in [1.29, 1.82) is 0 Å². The lowest BCUT2D eigenvalue weighted by Crippen LogP contribution is -2.38. The van der Waals surface area contributed by atoms with E-state index >= 15 is 0 Å². The molecular weight excluding hydrogens is 305 g/mol. The Hall–Kier alpha value is -2.27. The van der Waals surface area contributed by atoms with E-state index in [0.717, 1.165) is 30.8 Å². The third kappa shape index (κ3) is 4.38. The van der Waals surface area contributed by atoms with E-state index in [1.54, 1.807) is 18.3 Å². The van der Waals surface area contributed by atoms with Crippen LogP contribution in [0.5, 0.6) is 0 Å². The SMILES string of the molecule is O=C([C@@H]1CCNC1)N(CCc1ccccn1)Cc1ccc(F)cc1. The van der Waals surface area contributed by atoms with Gasteiger partial charge in [-0.1, -0.05) is 18.2 Å². The van der Waals surface area contributed by atoms with E-state index < -0.39 is 0 Å². The lowest BCUT2D eigenvalue weighted by molar-refractivity contribution is -0.135. The molecule has 1 saturated heterocycles. The molecule has 126 valence electrons. The van der Waals surface area contributed by atoms with E-state index in [4.69, 9.17) is 0 Å². The van der Waals surface area contributed by atoms with E-state index in [9.17, 15) is 9.18 Å². The van der Waals surface area contributed by atoms with Gasteiger partial charge in [-0.25, -0.2) is 4.39 Å². The molecule has 3 rings (SSSR count). The smallest absolute Gasteiger partial charge is 0.227 e. The number of carbonyl (C=O) groups is 1. The summed E-state index contributed by atoms with van der Waals surface area (Å²) in [5.41, 5.74) is 1.91. The third-order valence-electron chi connectivity index (χ3n) is 4.37. The van der Waals surface area contributed by atoms with Crippen molar-refractivity contribution < 1.29 is 9.18 Å². The zero-order chi connectivity index (χ0) is 16.8. The molecule has 24 heavy (non-hydrogen) atoms. The van der Waals surface area contributed by atoms with Crippen molar-refractivity contribution in [3.05, 3.63) is 65.7 Å². The van der Waals surface area contributed by atoms with Gasteiger partial charge >= 0.3 is 0 Å². The molecule has 0 bridgehead atoms. The van der Waals surface area contributed by atoms with Gasteiger partial charge in [-0.3, -0.25) is 9.78 Å². The number of halogens is 1. The van der Waals surface area contributed by atoms with Gasteiger partial charge in [0.15, 0.2) is 0 Å². The first kappa shape index (κ1) is 16.6. The maximum Gasteiger partial charge on any atom is 0.227 e. The fourth-order valence-electron chi connectivity index (χ4n) is 3.00. The number of carbonyl (C=O) groups excluding carboxylic acids is 1. The van der Waals surface area contributed by atoms with Crippen molar-refractivity contribution >= 4 is 5.91 Å². The van der Waals surface area contributed by atoms with Crippen molar-refractivity contribution in [3.8, 4) is 0 Å². The summed E-state index contributed by atoms with van der Waals surface area (Å²) in [6.45, 7) is 2.75. The number of hydrogen-bond donors (Lipinski definition) is 1. The van der Waals surface area contributed by atoms with Crippen molar-refractivity contribution in [2.75, 3.05) is 19.6 Å². The van der Waals surface area contributed by atoms with Crippen LogP contribution >= 0.6 is 0 Å². The fourth-order valence-corrected chi connectivity index (χ4v) is 3.00. The van der Waals surface area contributed by atoms with Crippen LogP contribution in [-0.4, -0.2) is 35.4 Å². The number of nitrogens with one attached hydrogen (secondary N) is 1. The molecule has 1 aliphatic rings. The summed E-state index contributed by atoms with van der Waals surface area (Å²) >= 11 is 0. The van der Waals surface area contributed by atoms with E-state index in [1.165, 1.54) is 12.1 Å². The van der Waals surface area contributed by atoms with Crippen molar-refractivity contribution in [2.24, 2.45) is 5.92 Å². The predicted octanol–water partition coefficient (Wildman–Crippen LogP) is 2.40. The number of pyridine rings is 1. The maximum absolute atomic E-state index is 13.1. The molecule has 1 amide bonds. The average molecular weight is 327 g/mol. The van der Waals surface area contributed by atoms with Gasteiger partial charge in [0.25, 0.3) is 0 Å². The first-order valence-electron chi connectivity index (χ1n) is 8.36. The van der Waals surface area contributed by atoms with Crippen LogP contribution in [0.1, 0.15) is 17.7 Å². The summed E-state index contributed by atoms with van der Waals surface area (Å²) in [6.07, 6.45) is 3.36. The molecule has 4 nitrogen and oxygen atoms in total. The molecular formula is C19H22FN3O. The Balaban J connectivity index is 1.69. The number of benzene rings is 1. The van der Waals surface area contributed by atoms with Crippen LogP contribution in [0.3, 0.4) is 0 Å².